The number of hydrogen-bond donors (Lipinski definition) is 0. The molecule has 0 unspecified atom stereocenters. The Kier molecular flexibility index (Phi) is 3.60. The lowest BCUT2D eigenvalue weighted by atomic mass is 10.3. The Morgan fingerprint density at radius 3 is 2.50 bits per heavy atom. The number of hydrogen-bond acceptors (Lipinski definition) is 6. The summed E-state index contributed by atoms with van der Waals surface area (Å²) >= 11 is 0. The maximum atomic E-state index is 11.5. The van der Waals surface area contributed by atoms with Crippen molar-refractivity contribution >= 4 is 17.7 Å². The Labute approximate surface area is 93.0 Å². The molecule has 0 aliphatic rings. The smallest absolute Gasteiger partial charge is 0.438 e. The van der Waals surface area contributed by atoms with Crippen molar-refractivity contribution in [2.75, 3.05) is 25.6 Å². The van der Waals surface area contributed by atoms with Gasteiger partial charge in [-0.3, -0.25) is 4.79 Å². The molecule has 0 saturated carbocycles. The SMILES string of the molecule is CCOC(=O)n1nnc(C(C)=O)c1N(C)C. The predicted molar refractivity (Wildman–Crippen MR) is 56.8 cm³/mol. The van der Waals surface area contributed by atoms with Crippen LogP contribution in [-0.4, -0.2) is 47.6 Å². The summed E-state index contributed by atoms with van der Waals surface area (Å²) in [6.07, 6.45) is -0.647. The van der Waals surface area contributed by atoms with E-state index in [1.807, 2.05) is 0 Å². The van der Waals surface area contributed by atoms with E-state index in [0.717, 1.165) is 4.68 Å². The van der Waals surface area contributed by atoms with Gasteiger partial charge in [0.1, 0.15) is 0 Å². The highest BCUT2D eigenvalue weighted by Crippen LogP contribution is 2.16. The third-order valence-electron chi connectivity index (χ3n) is 1.84. The molecule has 7 nitrogen and oxygen atoms in total. The molecule has 1 aromatic heterocycles. The molecule has 1 aromatic rings. The Bertz CT molecular complexity index is 411. The van der Waals surface area contributed by atoms with Crippen molar-refractivity contribution in [1.29, 1.82) is 0 Å². The standard InChI is InChI=1S/C9H14N4O3/c1-5-16-9(15)13-8(12(3)4)7(6(2)14)10-11-13/h5H2,1-4H3. The zero-order chi connectivity index (χ0) is 12.3. The van der Waals surface area contributed by atoms with Gasteiger partial charge in [0.15, 0.2) is 17.3 Å². The summed E-state index contributed by atoms with van der Waals surface area (Å²) in [4.78, 5) is 24.4. The van der Waals surface area contributed by atoms with Gasteiger partial charge in [0.05, 0.1) is 6.61 Å². The molecule has 0 spiro atoms. The van der Waals surface area contributed by atoms with Gasteiger partial charge in [-0.2, -0.15) is 0 Å². The van der Waals surface area contributed by atoms with E-state index in [-0.39, 0.29) is 18.1 Å². The molecule has 0 radical (unpaired) electrons. The van der Waals surface area contributed by atoms with Crippen LogP contribution in [-0.2, 0) is 4.74 Å². The van der Waals surface area contributed by atoms with E-state index >= 15 is 0 Å². The second kappa shape index (κ2) is 4.73. The maximum Gasteiger partial charge on any atom is 0.438 e. The molecule has 0 aliphatic carbocycles. The number of rotatable bonds is 3. The molecule has 0 aromatic carbocycles. The lowest BCUT2D eigenvalue weighted by molar-refractivity contribution is 0.101. The van der Waals surface area contributed by atoms with Gasteiger partial charge >= 0.3 is 6.09 Å². The van der Waals surface area contributed by atoms with Crippen molar-refractivity contribution in [3.05, 3.63) is 5.69 Å². The fourth-order valence-electron chi connectivity index (χ4n) is 1.21. The molecule has 1 rings (SSSR count). The molecule has 0 amide bonds. The van der Waals surface area contributed by atoms with E-state index in [2.05, 4.69) is 10.3 Å². The molecular weight excluding hydrogens is 212 g/mol. The Hall–Kier alpha value is -1.92. The first-order valence-corrected chi connectivity index (χ1v) is 4.80. The average Bonchev–Trinajstić information content (AvgIpc) is 2.61. The topological polar surface area (TPSA) is 77.3 Å². The van der Waals surface area contributed by atoms with E-state index < -0.39 is 6.09 Å². The van der Waals surface area contributed by atoms with E-state index in [9.17, 15) is 9.59 Å². The Morgan fingerprint density at radius 1 is 1.44 bits per heavy atom. The van der Waals surface area contributed by atoms with Crippen molar-refractivity contribution in [2.45, 2.75) is 13.8 Å². The molecule has 7 heteroatoms. The molecule has 0 N–H and O–H groups in total. The molecule has 0 bridgehead atoms. The minimum atomic E-state index is -0.647. The molecule has 0 aliphatic heterocycles. The summed E-state index contributed by atoms with van der Waals surface area (Å²) in [5, 5.41) is 7.27. The van der Waals surface area contributed by atoms with Crippen molar-refractivity contribution in [2.24, 2.45) is 0 Å². The number of Topliss-reactive ketones (excluding diaryl/α,β-unsaturated/α-hetero) is 1. The molecule has 88 valence electrons. The van der Waals surface area contributed by atoms with Gasteiger partial charge in [0.2, 0.25) is 0 Å². The molecular formula is C9H14N4O3. The van der Waals surface area contributed by atoms with Crippen LogP contribution >= 0.6 is 0 Å². The second-order valence-electron chi connectivity index (χ2n) is 3.32. The number of anilines is 1. The Morgan fingerprint density at radius 2 is 2.06 bits per heavy atom. The van der Waals surface area contributed by atoms with Gasteiger partial charge in [-0.25, -0.2) is 4.79 Å². The largest absolute Gasteiger partial charge is 0.448 e. The van der Waals surface area contributed by atoms with Gasteiger partial charge in [0.25, 0.3) is 0 Å². The number of carbonyl (C=O) groups excluding carboxylic acids is 2. The zero-order valence-corrected chi connectivity index (χ0v) is 9.72. The zero-order valence-electron chi connectivity index (χ0n) is 9.72. The minimum absolute atomic E-state index is 0.151. The monoisotopic (exact) mass is 226 g/mol. The first kappa shape index (κ1) is 12.2. The molecule has 0 saturated heterocycles. The number of ether oxygens (including phenoxy) is 1. The molecule has 16 heavy (non-hydrogen) atoms. The highest BCUT2D eigenvalue weighted by atomic mass is 16.6. The van der Waals surface area contributed by atoms with Gasteiger partial charge in [-0.05, 0) is 6.92 Å². The van der Waals surface area contributed by atoms with Crippen LogP contribution in [0.25, 0.3) is 0 Å². The second-order valence-corrected chi connectivity index (χ2v) is 3.32. The summed E-state index contributed by atoms with van der Waals surface area (Å²) in [5.41, 5.74) is 0.151. The third-order valence-corrected chi connectivity index (χ3v) is 1.84. The predicted octanol–water partition coefficient (Wildman–Crippen LogP) is 0.551. The quantitative estimate of drug-likeness (QED) is 0.700. The minimum Gasteiger partial charge on any atom is -0.448 e. The fourth-order valence-corrected chi connectivity index (χ4v) is 1.21. The number of nitrogens with zero attached hydrogens (tertiary/aromatic N) is 4. The van der Waals surface area contributed by atoms with E-state index in [0.29, 0.717) is 5.82 Å². The summed E-state index contributed by atoms with van der Waals surface area (Å²) in [6.45, 7) is 3.30. The van der Waals surface area contributed by atoms with Crippen molar-refractivity contribution in [3.8, 4) is 0 Å². The molecule has 0 atom stereocenters. The average molecular weight is 226 g/mol. The van der Waals surface area contributed by atoms with Gasteiger partial charge in [0, 0.05) is 21.0 Å². The normalized spacial score (nSPS) is 10.0. The van der Waals surface area contributed by atoms with Crippen molar-refractivity contribution in [3.63, 3.8) is 0 Å². The lowest BCUT2D eigenvalue weighted by Crippen LogP contribution is -2.23. The highest BCUT2D eigenvalue weighted by Gasteiger charge is 2.22. The molecule has 1 heterocycles. The highest BCUT2D eigenvalue weighted by molar-refractivity contribution is 5.98. The van der Waals surface area contributed by atoms with Crippen LogP contribution in [0.2, 0.25) is 0 Å². The van der Waals surface area contributed by atoms with Crippen LogP contribution in [0.1, 0.15) is 24.3 Å². The van der Waals surface area contributed by atoms with E-state index in [4.69, 9.17) is 4.74 Å². The van der Waals surface area contributed by atoms with Crippen LogP contribution in [0.15, 0.2) is 0 Å². The summed E-state index contributed by atoms with van der Waals surface area (Å²) in [5.74, 6) is 0.0743. The van der Waals surface area contributed by atoms with E-state index in [1.165, 1.54) is 6.92 Å². The van der Waals surface area contributed by atoms with E-state index in [1.54, 1.807) is 25.9 Å². The number of carbonyl (C=O) groups is 2. The number of ketones is 1. The summed E-state index contributed by atoms with van der Waals surface area (Å²) < 4.78 is 5.77. The van der Waals surface area contributed by atoms with Gasteiger partial charge in [-0.1, -0.05) is 5.21 Å². The van der Waals surface area contributed by atoms with Crippen LogP contribution < -0.4 is 4.90 Å². The maximum absolute atomic E-state index is 11.5. The van der Waals surface area contributed by atoms with Gasteiger partial charge in [-0.15, -0.1) is 9.78 Å². The number of aromatic nitrogens is 3. The van der Waals surface area contributed by atoms with Gasteiger partial charge < -0.3 is 9.64 Å². The van der Waals surface area contributed by atoms with Crippen LogP contribution in [0.5, 0.6) is 0 Å². The van der Waals surface area contributed by atoms with Crippen LogP contribution in [0, 0.1) is 0 Å². The van der Waals surface area contributed by atoms with Crippen molar-refractivity contribution < 1.29 is 14.3 Å². The summed E-state index contributed by atoms with van der Waals surface area (Å²) in [7, 11) is 3.39. The molecule has 0 fully saturated rings. The van der Waals surface area contributed by atoms with Crippen LogP contribution in [0.3, 0.4) is 0 Å². The third kappa shape index (κ3) is 2.18. The first-order chi connectivity index (χ1) is 7.49. The Balaban J connectivity index is 3.20. The first-order valence-electron chi connectivity index (χ1n) is 4.80. The fraction of sp³-hybridized carbons (Fsp3) is 0.556. The lowest BCUT2D eigenvalue weighted by Gasteiger charge is -2.13. The summed E-state index contributed by atoms with van der Waals surface area (Å²) in [6, 6.07) is 0. The van der Waals surface area contributed by atoms with Crippen LogP contribution in [0.4, 0.5) is 10.6 Å². The van der Waals surface area contributed by atoms with Crippen molar-refractivity contribution in [1.82, 2.24) is 15.0 Å².